The quantitative estimate of drug-likeness (QED) is 0.553. The number of nitrogens with zero attached hydrogens (tertiary/aromatic N) is 1. The Morgan fingerprint density at radius 3 is 2.50 bits per heavy atom. The second-order valence-corrected chi connectivity index (χ2v) is 4.22. The van der Waals surface area contributed by atoms with E-state index < -0.39 is 0 Å². The van der Waals surface area contributed by atoms with E-state index in [1.54, 1.807) is 0 Å². The summed E-state index contributed by atoms with van der Waals surface area (Å²) in [6, 6.07) is 0. The highest BCUT2D eigenvalue weighted by molar-refractivity contribution is 5.16. The molecule has 0 bridgehead atoms. The molecular formula is C16H30FN. The van der Waals surface area contributed by atoms with Crippen LogP contribution in [0, 0.1) is 5.92 Å². The number of hydrogen-bond donors (Lipinski definition) is 0. The van der Waals surface area contributed by atoms with Gasteiger partial charge in [0.05, 0.1) is 0 Å². The van der Waals surface area contributed by atoms with Gasteiger partial charge in [-0.05, 0) is 51.0 Å². The Balaban J connectivity index is 0. The molecule has 18 heavy (non-hydrogen) atoms. The lowest BCUT2D eigenvalue weighted by molar-refractivity contribution is 0.320. The van der Waals surface area contributed by atoms with Crippen molar-refractivity contribution in [1.82, 2.24) is 4.90 Å². The smallest absolute Gasteiger partial charge is 0.122 e. The molecule has 0 aliphatic heterocycles. The molecule has 0 aromatic rings. The van der Waals surface area contributed by atoms with Gasteiger partial charge in [-0.25, -0.2) is 4.39 Å². The van der Waals surface area contributed by atoms with Gasteiger partial charge in [0.25, 0.3) is 0 Å². The third kappa shape index (κ3) is 13.2. The zero-order valence-corrected chi connectivity index (χ0v) is 12.7. The molecule has 0 aliphatic carbocycles. The lowest BCUT2D eigenvalue weighted by Crippen LogP contribution is -2.20. The van der Waals surface area contributed by atoms with Crippen LogP contribution in [0.5, 0.6) is 0 Å². The van der Waals surface area contributed by atoms with Gasteiger partial charge in [-0.1, -0.05) is 46.4 Å². The number of hydrogen-bond acceptors (Lipinski definition) is 1. The van der Waals surface area contributed by atoms with Crippen LogP contribution in [-0.4, -0.2) is 25.0 Å². The van der Waals surface area contributed by atoms with Crippen molar-refractivity contribution in [3.8, 4) is 0 Å². The first-order chi connectivity index (χ1) is 8.60. The highest BCUT2D eigenvalue weighted by Crippen LogP contribution is 2.10. The molecule has 0 N–H and O–H groups in total. The summed E-state index contributed by atoms with van der Waals surface area (Å²) in [6.07, 6.45) is 8.32. The van der Waals surface area contributed by atoms with Crippen LogP contribution in [0.1, 0.15) is 40.5 Å². The van der Waals surface area contributed by atoms with E-state index in [4.69, 9.17) is 0 Å². The molecule has 0 heterocycles. The minimum Gasteiger partial charge on any atom is -0.307 e. The van der Waals surface area contributed by atoms with Crippen molar-refractivity contribution in [1.29, 1.82) is 0 Å². The van der Waals surface area contributed by atoms with E-state index in [0.29, 0.717) is 5.92 Å². The largest absolute Gasteiger partial charge is 0.307 e. The molecule has 2 heteroatoms. The molecule has 1 unspecified atom stereocenters. The Hall–Kier alpha value is -0.890. The molecule has 0 saturated carbocycles. The van der Waals surface area contributed by atoms with Crippen LogP contribution in [-0.2, 0) is 0 Å². The van der Waals surface area contributed by atoms with Gasteiger partial charge in [0, 0.05) is 0 Å². The van der Waals surface area contributed by atoms with Gasteiger partial charge in [-0.3, -0.25) is 0 Å². The van der Waals surface area contributed by atoms with Crippen molar-refractivity contribution < 1.29 is 4.39 Å². The van der Waals surface area contributed by atoms with Gasteiger partial charge in [0.15, 0.2) is 0 Å². The summed E-state index contributed by atoms with van der Waals surface area (Å²) in [4.78, 5) is 2.29. The average Bonchev–Trinajstić information content (AvgIpc) is 2.38. The average molecular weight is 255 g/mol. The SMILES string of the molecule is C=C/C=C(F)\C=C/CC(C)CCN(C)CC.CC. The molecular weight excluding hydrogens is 225 g/mol. The zero-order valence-electron chi connectivity index (χ0n) is 12.7. The normalized spacial score (nSPS) is 13.4. The van der Waals surface area contributed by atoms with E-state index in [-0.39, 0.29) is 5.83 Å². The number of allylic oxidation sites excluding steroid dienone is 5. The van der Waals surface area contributed by atoms with Crippen LogP contribution in [0.15, 0.2) is 36.7 Å². The van der Waals surface area contributed by atoms with Crippen molar-refractivity contribution in [2.75, 3.05) is 20.1 Å². The first kappa shape index (κ1) is 19.4. The van der Waals surface area contributed by atoms with Crippen molar-refractivity contribution >= 4 is 0 Å². The molecule has 1 nitrogen and oxygen atoms in total. The fraction of sp³-hybridized carbons (Fsp3) is 0.625. The van der Waals surface area contributed by atoms with Crippen LogP contribution in [0.25, 0.3) is 0 Å². The van der Waals surface area contributed by atoms with Crippen molar-refractivity contribution in [2.24, 2.45) is 5.92 Å². The van der Waals surface area contributed by atoms with E-state index in [1.165, 1.54) is 18.2 Å². The Morgan fingerprint density at radius 1 is 1.39 bits per heavy atom. The van der Waals surface area contributed by atoms with E-state index >= 15 is 0 Å². The first-order valence-corrected chi connectivity index (χ1v) is 6.93. The molecule has 106 valence electrons. The molecule has 0 saturated heterocycles. The molecule has 0 aliphatic rings. The molecule has 0 fully saturated rings. The summed E-state index contributed by atoms with van der Waals surface area (Å²) in [6.45, 7) is 14.0. The zero-order chi connectivity index (χ0) is 14.4. The van der Waals surface area contributed by atoms with Crippen molar-refractivity contribution in [3.05, 3.63) is 36.7 Å². The van der Waals surface area contributed by atoms with E-state index in [0.717, 1.165) is 25.9 Å². The summed E-state index contributed by atoms with van der Waals surface area (Å²) in [5, 5.41) is 0. The second kappa shape index (κ2) is 14.2. The third-order valence-electron chi connectivity index (χ3n) is 2.64. The topological polar surface area (TPSA) is 3.24 Å². The van der Waals surface area contributed by atoms with E-state index in [1.807, 2.05) is 19.9 Å². The molecule has 0 radical (unpaired) electrons. The Labute approximate surface area is 113 Å². The number of rotatable bonds is 8. The highest BCUT2D eigenvalue weighted by Gasteiger charge is 2.01. The predicted octanol–water partition coefficient (Wildman–Crippen LogP) is 4.98. The lowest BCUT2D eigenvalue weighted by Gasteiger charge is -2.16. The predicted molar refractivity (Wildman–Crippen MR) is 81.4 cm³/mol. The fourth-order valence-electron chi connectivity index (χ4n) is 1.30. The Kier molecular flexibility index (Phi) is 15.3. The van der Waals surface area contributed by atoms with Crippen LogP contribution in [0.3, 0.4) is 0 Å². The summed E-state index contributed by atoms with van der Waals surface area (Å²) >= 11 is 0. The van der Waals surface area contributed by atoms with Gasteiger partial charge in [0.2, 0.25) is 0 Å². The Morgan fingerprint density at radius 2 is 2.00 bits per heavy atom. The standard InChI is InChI=1S/C14H24FN.C2H6/c1-5-8-14(15)10-7-9-13(3)11-12-16(4)6-2;1-2/h5,7-8,10,13H,1,6,9,11-12H2,2-4H3;1-2H3/b10-7-,14-8+;. The van der Waals surface area contributed by atoms with Crippen LogP contribution in [0.4, 0.5) is 4.39 Å². The van der Waals surface area contributed by atoms with E-state index in [9.17, 15) is 4.39 Å². The van der Waals surface area contributed by atoms with Crippen molar-refractivity contribution in [3.63, 3.8) is 0 Å². The first-order valence-electron chi connectivity index (χ1n) is 6.93. The second-order valence-electron chi connectivity index (χ2n) is 4.22. The van der Waals surface area contributed by atoms with Crippen LogP contribution in [0.2, 0.25) is 0 Å². The van der Waals surface area contributed by atoms with Gasteiger partial charge < -0.3 is 4.90 Å². The minimum atomic E-state index is -0.229. The van der Waals surface area contributed by atoms with Gasteiger partial charge in [-0.2, -0.15) is 0 Å². The summed E-state index contributed by atoms with van der Waals surface area (Å²) in [5.41, 5.74) is 0. The Bertz CT molecular complexity index is 243. The van der Waals surface area contributed by atoms with Crippen molar-refractivity contribution in [2.45, 2.75) is 40.5 Å². The molecule has 0 aromatic heterocycles. The van der Waals surface area contributed by atoms with Gasteiger partial charge in [0.1, 0.15) is 5.83 Å². The minimum absolute atomic E-state index is 0.229. The third-order valence-corrected chi connectivity index (χ3v) is 2.64. The van der Waals surface area contributed by atoms with Gasteiger partial charge >= 0.3 is 0 Å². The van der Waals surface area contributed by atoms with E-state index in [2.05, 4.69) is 32.4 Å². The maximum atomic E-state index is 12.9. The van der Waals surface area contributed by atoms with Crippen LogP contribution >= 0.6 is 0 Å². The van der Waals surface area contributed by atoms with Gasteiger partial charge in [-0.15, -0.1) is 0 Å². The number of halogens is 1. The molecule has 0 aromatic carbocycles. The monoisotopic (exact) mass is 255 g/mol. The summed E-state index contributed by atoms with van der Waals surface area (Å²) < 4.78 is 12.9. The fourth-order valence-corrected chi connectivity index (χ4v) is 1.30. The summed E-state index contributed by atoms with van der Waals surface area (Å²) in [5.74, 6) is 0.370. The highest BCUT2D eigenvalue weighted by atomic mass is 19.1. The van der Waals surface area contributed by atoms with Crippen LogP contribution < -0.4 is 0 Å². The summed E-state index contributed by atoms with van der Waals surface area (Å²) in [7, 11) is 2.12. The molecule has 0 rings (SSSR count). The molecule has 1 atom stereocenters. The maximum Gasteiger partial charge on any atom is 0.122 e. The molecule has 0 spiro atoms. The molecule has 0 amide bonds. The maximum absolute atomic E-state index is 12.9. The lowest BCUT2D eigenvalue weighted by atomic mass is 10.0.